The van der Waals surface area contributed by atoms with E-state index in [0.717, 1.165) is 5.56 Å². The van der Waals surface area contributed by atoms with Crippen LogP contribution in [0.15, 0.2) is 35.4 Å². The van der Waals surface area contributed by atoms with Crippen LogP contribution in [0.1, 0.15) is 29.9 Å². The van der Waals surface area contributed by atoms with Crippen molar-refractivity contribution in [2.45, 2.75) is 37.8 Å². The Labute approximate surface area is 146 Å². The van der Waals surface area contributed by atoms with Crippen molar-refractivity contribution < 1.29 is 13.2 Å². The molecule has 1 saturated heterocycles. The van der Waals surface area contributed by atoms with Gasteiger partial charge in [-0.1, -0.05) is 12.1 Å². The maximum atomic E-state index is 12.9. The van der Waals surface area contributed by atoms with Crippen molar-refractivity contribution in [2.24, 2.45) is 0 Å². The van der Waals surface area contributed by atoms with Gasteiger partial charge in [0, 0.05) is 25.2 Å². The monoisotopic (exact) mass is 363 g/mol. The lowest BCUT2D eigenvalue weighted by atomic mass is 10.1. The van der Waals surface area contributed by atoms with Crippen LogP contribution in [0.25, 0.3) is 0 Å². The number of aryl methyl sites for hydroxylation is 1. The lowest BCUT2D eigenvalue weighted by Gasteiger charge is -2.43. The second-order valence-electron chi connectivity index (χ2n) is 6.40. The molecule has 2 atom stereocenters. The minimum atomic E-state index is -3.59. The maximum Gasteiger partial charge on any atom is 0.276 e. The Kier molecular flexibility index (Phi) is 4.61. The number of hydrogen-bond donors (Lipinski definition) is 1. The Morgan fingerprint density at radius 3 is 2.48 bits per heavy atom. The third kappa shape index (κ3) is 3.29. The number of nitrogens with one attached hydrogen (secondary N) is 1. The van der Waals surface area contributed by atoms with Crippen LogP contribution in [0.2, 0.25) is 0 Å². The first-order valence-corrected chi connectivity index (χ1v) is 9.50. The van der Waals surface area contributed by atoms with Gasteiger partial charge in [-0.2, -0.15) is 19.7 Å². The van der Waals surface area contributed by atoms with Crippen LogP contribution in [0.4, 0.5) is 0 Å². The normalized spacial score (nSPS) is 22.1. The van der Waals surface area contributed by atoms with Crippen LogP contribution >= 0.6 is 0 Å². The molecule has 25 heavy (non-hydrogen) atoms. The van der Waals surface area contributed by atoms with Crippen molar-refractivity contribution in [2.75, 3.05) is 13.1 Å². The molecule has 0 bridgehead atoms. The smallest absolute Gasteiger partial charge is 0.276 e. The summed E-state index contributed by atoms with van der Waals surface area (Å²) in [7, 11) is -3.59. The van der Waals surface area contributed by atoms with E-state index in [1.165, 1.54) is 10.5 Å². The molecule has 1 aliphatic rings. The van der Waals surface area contributed by atoms with Crippen molar-refractivity contribution >= 4 is 15.9 Å². The van der Waals surface area contributed by atoms with E-state index in [1.54, 1.807) is 23.1 Å². The molecule has 2 heterocycles. The van der Waals surface area contributed by atoms with Crippen LogP contribution in [0, 0.1) is 6.92 Å². The number of benzene rings is 1. The molecule has 1 aromatic carbocycles. The lowest BCUT2D eigenvalue weighted by molar-refractivity contribution is 0.0435. The van der Waals surface area contributed by atoms with Crippen LogP contribution in [0.5, 0.6) is 0 Å². The highest BCUT2D eigenvalue weighted by Crippen LogP contribution is 2.24. The molecule has 1 N–H and O–H groups in total. The number of nitrogens with zero attached hydrogens (tertiary/aromatic N) is 4. The maximum absolute atomic E-state index is 12.9. The summed E-state index contributed by atoms with van der Waals surface area (Å²) in [6, 6.07) is 6.32. The molecule has 1 fully saturated rings. The van der Waals surface area contributed by atoms with Crippen LogP contribution < -0.4 is 0 Å². The summed E-state index contributed by atoms with van der Waals surface area (Å²) in [5.74, 6) is -0.249. The summed E-state index contributed by atoms with van der Waals surface area (Å²) < 4.78 is 27.3. The molecular weight excluding hydrogens is 342 g/mol. The first-order valence-electron chi connectivity index (χ1n) is 8.06. The Morgan fingerprint density at radius 1 is 1.24 bits per heavy atom. The minimum absolute atomic E-state index is 0.230. The van der Waals surface area contributed by atoms with Crippen LogP contribution in [0.3, 0.4) is 0 Å². The van der Waals surface area contributed by atoms with E-state index in [2.05, 4.69) is 15.4 Å². The van der Waals surface area contributed by atoms with Crippen LogP contribution in [-0.2, 0) is 10.0 Å². The molecule has 1 amide bonds. The third-order valence-electron chi connectivity index (χ3n) is 4.38. The number of rotatable bonds is 3. The fourth-order valence-corrected chi connectivity index (χ4v) is 4.94. The summed E-state index contributed by atoms with van der Waals surface area (Å²) in [6.07, 6.45) is 1.37. The van der Waals surface area contributed by atoms with Gasteiger partial charge in [0.1, 0.15) is 0 Å². The average molecular weight is 363 g/mol. The van der Waals surface area contributed by atoms with Gasteiger partial charge in [-0.05, 0) is 38.5 Å². The second-order valence-corrected chi connectivity index (χ2v) is 8.34. The highest BCUT2D eigenvalue weighted by atomic mass is 32.2. The summed E-state index contributed by atoms with van der Waals surface area (Å²) in [6.45, 7) is 6.02. The summed E-state index contributed by atoms with van der Waals surface area (Å²) in [5.41, 5.74) is 1.12. The molecule has 0 radical (unpaired) electrons. The number of H-pyrrole nitrogens is 1. The van der Waals surface area contributed by atoms with Gasteiger partial charge >= 0.3 is 0 Å². The summed E-state index contributed by atoms with van der Waals surface area (Å²) >= 11 is 0. The van der Waals surface area contributed by atoms with Crippen molar-refractivity contribution in [1.82, 2.24) is 24.6 Å². The topological polar surface area (TPSA) is 99.3 Å². The van der Waals surface area contributed by atoms with Gasteiger partial charge in [0.25, 0.3) is 5.91 Å². The fourth-order valence-electron chi connectivity index (χ4n) is 3.23. The van der Waals surface area contributed by atoms with Gasteiger partial charge in [0.15, 0.2) is 5.69 Å². The molecule has 0 aliphatic carbocycles. The Bertz CT molecular complexity index is 854. The lowest BCUT2D eigenvalue weighted by Crippen LogP contribution is -2.59. The standard InChI is InChI=1S/C16H21N5O3S/c1-11-5-4-6-14(7-11)25(23,24)20-9-12(2)21(13(3)10-20)16(22)15-8-17-19-18-15/h4-8,12-13H,9-10H2,1-3H3,(H,17,18,19)/t12-,13+. The first kappa shape index (κ1) is 17.6. The Balaban J connectivity index is 1.83. The van der Waals surface area contributed by atoms with E-state index in [-0.39, 0.29) is 41.7 Å². The summed E-state index contributed by atoms with van der Waals surface area (Å²) in [4.78, 5) is 14.5. The number of carbonyl (C=O) groups is 1. The number of piperazine rings is 1. The molecule has 0 unspecified atom stereocenters. The number of aromatic amines is 1. The van der Waals surface area contributed by atoms with Crippen molar-refractivity contribution in [1.29, 1.82) is 0 Å². The largest absolute Gasteiger partial charge is 0.329 e. The Hall–Kier alpha value is -2.26. The molecular formula is C16H21N5O3S. The highest BCUT2D eigenvalue weighted by molar-refractivity contribution is 7.89. The first-order chi connectivity index (χ1) is 11.8. The van der Waals surface area contributed by atoms with Crippen molar-refractivity contribution in [3.05, 3.63) is 41.7 Å². The zero-order valence-corrected chi connectivity index (χ0v) is 15.2. The number of aromatic nitrogens is 3. The van der Waals surface area contributed by atoms with Gasteiger partial charge in [0.05, 0.1) is 11.1 Å². The molecule has 134 valence electrons. The van der Waals surface area contributed by atoms with Gasteiger partial charge in [-0.25, -0.2) is 8.42 Å². The van der Waals surface area contributed by atoms with E-state index in [4.69, 9.17) is 0 Å². The molecule has 2 aromatic rings. The highest BCUT2D eigenvalue weighted by Gasteiger charge is 2.39. The molecule has 0 saturated carbocycles. The van der Waals surface area contributed by atoms with Crippen LogP contribution in [-0.4, -0.2) is 64.1 Å². The van der Waals surface area contributed by atoms with Gasteiger partial charge in [0.2, 0.25) is 10.0 Å². The SMILES string of the molecule is Cc1cccc(S(=O)(=O)N2C[C@@H](C)N(C(=O)c3cn[nH]n3)[C@@H](C)C2)c1. The molecule has 3 rings (SSSR count). The van der Waals surface area contributed by atoms with E-state index in [1.807, 2.05) is 26.8 Å². The summed E-state index contributed by atoms with van der Waals surface area (Å²) in [5, 5.41) is 9.91. The number of carbonyl (C=O) groups excluding carboxylic acids is 1. The molecule has 0 spiro atoms. The molecule has 9 heteroatoms. The van der Waals surface area contributed by atoms with Gasteiger partial charge in [-0.15, -0.1) is 0 Å². The molecule has 1 aromatic heterocycles. The predicted molar refractivity (Wildman–Crippen MR) is 91.4 cm³/mol. The van der Waals surface area contributed by atoms with E-state index < -0.39 is 10.0 Å². The van der Waals surface area contributed by atoms with Crippen molar-refractivity contribution in [3.63, 3.8) is 0 Å². The minimum Gasteiger partial charge on any atom is -0.329 e. The molecule has 1 aliphatic heterocycles. The Morgan fingerprint density at radius 2 is 1.92 bits per heavy atom. The fraction of sp³-hybridized carbons (Fsp3) is 0.438. The van der Waals surface area contributed by atoms with Gasteiger partial charge < -0.3 is 4.90 Å². The second kappa shape index (κ2) is 6.57. The zero-order chi connectivity index (χ0) is 18.2. The predicted octanol–water partition coefficient (Wildman–Crippen LogP) is 1.04. The zero-order valence-electron chi connectivity index (χ0n) is 14.4. The number of sulfonamides is 1. The molecule has 8 nitrogen and oxygen atoms in total. The van der Waals surface area contributed by atoms with E-state index >= 15 is 0 Å². The van der Waals surface area contributed by atoms with E-state index in [0.29, 0.717) is 0 Å². The number of amides is 1. The quantitative estimate of drug-likeness (QED) is 0.878. The number of hydrogen-bond acceptors (Lipinski definition) is 5. The van der Waals surface area contributed by atoms with Crippen molar-refractivity contribution in [3.8, 4) is 0 Å². The third-order valence-corrected chi connectivity index (χ3v) is 6.21. The van der Waals surface area contributed by atoms with E-state index in [9.17, 15) is 13.2 Å². The average Bonchev–Trinajstić information content (AvgIpc) is 3.08. The van der Waals surface area contributed by atoms with Gasteiger partial charge in [-0.3, -0.25) is 4.79 Å².